The van der Waals surface area contributed by atoms with Crippen molar-refractivity contribution in [2.24, 2.45) is 5.92 Å². The SMILES string of the molecule is FC[C@@H]1CNC[C@H]1c1ccc2c(c1)OCO2. The molecule has 0 amide bonds. The molecule has 1 aromatic carbocycles. The van der Waals surface area contributed by atoms with Gasteiger partial charge in [0, 0.05) is 24.9 Å². The van der Waals surface area contributed by atoms with Crippen LogP contribution in [0.15, 0.2) is 18.2 Å². The van der Waals surface area contributed by atoms with E-state index in [1.54, 1.807) is 0 Å². The highest BCUT2D eigenvalue weighted by Gasteiger charge is 2.29. The van der Waals surface area contributed by atoms with Crippen molar-refractivity contribution >= 4 is 0 Å². The molecule has 0 aromatic heterocycles. The van der Waals surface area contributed by atoms with Crippen molar-refractivity contribution in [3.63, 3.8) is 0 Å². The van der Waals surface area contributed by atoms with E-state index in [-0.39, 0.29) is 25.3 Å². The van der Waals surface area contributed by atoms with Crippen LogP contribution in [0.25, 0.3) is 0 Å². The average molecular weight is 223 g/mol. The van der Waals surface area contributed by atoms with Gasteiger partial charge in [0.15, 0.2) is 11.5 Å². The molecule has 1 N–H and O–H groups in total. The number of hydrogen-bond donors (Lipinski definition) is 1. The zero-order valence-corrected chi connectivity index (χ0v) is 8.91. The predicted octanol–water partition coefficient (Wildman–Crippen LogP) is 1.69. The normalized spacial score (nSPS) is 27.3. The van der Waals surface area contributed by atoms with Crippen LogP contribution in [0.1, 0.15) is 11.5 Å². The van der Waals surface area contributed by atoms with Gasteiger partial charge >= 0.3 is 0 Å². The molecule has 0 radical (unpaired) electrons. The summed E-state index contributed by atoms with van der Waals surface area (Å²) >= 11 is 0. The van der Waals surface area contributed by atoms with Crippen LogP contribution in [0.2, 0.25) is 0 Å². The topological polar surface area (TPSA) is 30.5 Å². The summed E-state index contributed by atoms with van der Waals surface area (Å²) in [4.78, 5) is 0. The molecular weight excluding hydrogens is 209 g/mol. The van der Waals surface area contributed by atoms with Crippen LogP contribution in [-0.2, 0) is 0 Å². The molecule has 0 spiro atoms. The monoisotopic (exact) mass is 223 g/mol. The fourth-order valence-electron chi connectivity index (χ4n) is 2.43. The van der Waals surface area contributed by atoms with Gasteiger partial charge in [-0.25, -0.2) is 0 Å². The maximum Gasteiger partial charge on any atom is 0.231 e. The second-order valence-corrected chi connectivity index (χ2v) is 4.29. The third-order valence-corrected chi connectivity index (χ3v) is 3.36. The minimum Gasteiger partial charge on any atom is -0.454 e. The maximum absolute atomic E-state index is 12.8. The van der Waals surface area contributed by atoms with Gasteiger partial charge in [-0.05, 0) is 17.7 Å². The molecule has 0 bridgehead atoms. The minimum absolute atomic E-state index is 0.0837. The summed E-state index contributed by atoms with van der Waals surface area (Å²) < 4.78 is 23.4. The Labute approximate surface area is 93.6 Å². The zero-order valence-electron chi connectivity index (χ0n) is 8.91. The standard InChI is InChI=1S/C12H14FNO2/c13-4-9-5-14-6-10(9)8-1-2-11-12(3-8)16-7-15-11/h1-3,9-10,14H,4-7H2/t9-,10+/m1/s1. The van der Waals surface area contributed by atoms with Crippen molar-refractivity contribution in [3.8, 4) is 11.5 Å². The van der Waals surface area contributed by atoms with Crippen LogP contribution in [0, 0.1) is 5.92 Å². The lowest BCUT2D eigenvalue weighted by Gasteiger charge is -2.15. The Bertz CT molecular complexity index is 397. The van der Waals surface area contributed by atoms with E-state index in [1.807, 2.05) is 18.2 Å². The fourth-order valence-corrected chi connectivity index (χ4v) is 2.43. The van der Waals surface area contributed by atoms with Gasteiger partial charge in [0.1, 0.15) is 0 Å². The van der Waals surface area contributed by atoms with Crippen molar-refractivity contribution in [2.75, 3.05) is 26.6 Å². The first-order chi connectivity index (χ1) is 7.88. The molecule has 2 aliphatic heterocycles. The molecule has 3 rings (SSSR count). The van der Waals surface area contributed by atoms with E-state index >= 15 is 0 Å². The van der Waals surface area contributed by atoms with E-state index in [0.29, 0.717) is 0 Å². The number of nitrogens with one attached hydrogen (secondary N) is 1. The van der Waals surface area contributed by atoms with E-state index in [2.05, 4.69) is 5.32 Å². The van der Waals surface area contributed by atoms with Gasteiger partial charge < -0.3 is 14.8 Å². The first kappa shape index (κ1) is 9.90. The van der Waals surface area contributed by atoms with Gasteiger partial charge in [-0.3, -0.25) is 4.39 Å². The lowest BCUT2D eigenvalue weighted by molar-refractivity contribution is 0.174. The molecule has 3 nitrogen and oxygen atoms in total. The molecule has 2 atom stereocenters. The van der Waals surface area contributed by atoms with Crippen LogP contribution in [0.4, 0.5) is 4.39 Å². The summed E-state index contributed by atoms with van der Waals surface area (Å²) in [6.45, 7) is 1.62. The average Bonchev–Trinajstić information content (AvgIpc) is 2.96. The number of hydrogen-bond acceptors (Lipinski definition) is 3. The van der Waals surface area contributed by atoms with Crippen molar-refractivity contribution < 1.29 is 13.9 Å². The molecule has 0 unspecified atom stereocenters. The van der Waals surface area contributed by atoms with E-state index in [1.165, 1.54) is 0 Å². The second kappa shape index (κ2) is 3.94. The first-order valence-corrected chi connectivity index (χ1v) is 5.54. The number of fused-ring (bicyclic) bond motifs is 1. The summed E-state index contributed by atoms with van der Waals surface area (Å²) in [6.07, 6.45) is 0. The highest BCUT2D eigenvalue weighted by atomic mass is 19.1. The number of benzene rings is 1. The molecule has 2 heterocycles. The number of halogens is 1. The lowest BCUT2D eigenvalue weighted by atomic mass is 9.89. The second-order valence-electron chi connectivity index (χ2n) is 4.29. The highest BCUT2D eigenvalue weighted by Crippen LogP contribution is 2.37. The molecule has 2 aliphatic rings. The number of rotatable bonds is 2. The summed E-state index contributed by atoms with van der Waals surface area (Å²) in [5.41, 5.74) is 1.14. The van der Waals surface area contributed by atoms with E-state index in [0.717, 1.165) is 30.2 Å². The molecule has 86 valence electrons. The van der Waals surface area contributed by atoms with Crippen LogP contribution < -0.4 is 14.8 Å². The first-order valence-electron chi connectivity index (χ1n) is 5.54. The Morgan fingerprint density at radius 1 is 1.25 bits per heavy atom. The van der Waals surface area contributed by atoms with Gasteiger partial charge in [0.25, 0.3) is 0 Å². The van der Waals surface area contributed by atoms with Crippen molar-refractivity contribution in [2.45, 2.75) is 5.92 Å². The Balaban J connectivity index is 1.89. The van der Waals surface area contributed by atoms with E-state index < -0.39 is 0 Å². The third kappa shape index (κ3) is 1.53. The number of ether oxygens (including phenoxy) is 2. The largest absolute Gasteiger partial charge is 0.454 e. The molecule has 1 fully saturated rings. The molecule has 16 heavy (non-hydrogen) atoms. The predicted molar refractivity (Wildman–Crippen MR) is 57.6 cm³/mol. The van der Waals surface area contributed by atoms with E-state index in [9.17, 15) is 4.39 Å². The molecule has 0 saturated carbocycles. The Kier molecular flexibility index (Phi) is 2.44. The lowest BCUT2D eigenvalue weighted by Crippen LogP contribution is -2.12. The third-order valence-electron chi connectivity index (χ3n) is 3.36. The Hall–Kier alpha value is -1.29. The van der Waals surface area contributed by atoms with Gasteiger partial charge in [0.2, 0.25) is 6.79 Å². The molecular formula is C12H14FNO2. The molecule has 1 aromatic rings. The molecule has 1 saturated heterocycles. The van der Waals surface area contributed by atoms with Gasteiger partial charge in [-0.2, -0.15) is 0 Å². The van der Waals surface area contributed by atoms with E-state index in [4.69, 9.17) is 9.47 Å². The Morgan fingerprint density at radius 2 is 2.12 bits per heavy atom. The summed E-state index contributed by atoms with van der Waals surface area (Å²) in [7, 11) is 0. The van der Waals surface area contributed by atoms with Gasteiger partial charge in [-0.1, -0.05) is 6.07 Å². The fraction of sp³-hybridized carbons (Fsp3) is 0.500. The zero-order chi connectivity index (χ0) is 11.0. The number of alkyl halides is 1. The van der Waals surface area contributed by atoms with Crippen molar-refractivity contribution in [1.82, 2.24) is 5.32 Å². The minimum atomic E-state index is -0.272. The summed E-state index contributed by atoms with van der Waals surface area (Å²) in [5.74, 6) is 1.90. The smallest absolute Gasteiger partial charge is 0.231 e. The Morgan fingerprint density at radius 3 is 3.00 bits per heavy atom. The van der Waals surface area contributed by atoms with Crippen LogP contribution >= 0.6 is 0 Å². The quantitative estimate of drug-likeness (QED) is 0.827. The highest BCUT2D eigenvalue weighted by molar-refractivity contribution is 5.45. The molecule has 0 aliphatic carbocycles. The van der Waals surface area contributed by atoms with Crippen molar-refractivity contribution in [3.05, 3.63) is 23.8 Å². The summed E-state index contributed by atoms with van der Waals surface area (Å²) in [6, 6.07) is 5.89. The maximum atomic E-state index is 12.8. The van der Waals surface area contributed by atoms with Gasteiger partial charge in [-0.15, -0.1) is 0 Å². The molecule has 4 heteroatoms. The van der Waals surface area contributed by atoms with Gasteiger partial charge in [0.05, 0.1) is 6.67 Å². The van der Waals surface area contributed by atoms with Crippen LogP contribution in [0.5, 0.6) is 11.5 Å². The summed E-state index contributed by atoms with van der Waals surface area (Å²) in [5, 5.41) is 3.23. The van der Waals surface area contributed by atoms with Crippen LogP contribution in [-0.4, -0.2) is 26.6 Å². The van der Waals surface area contributed by atoms with Crippen molar-refractivity contribution in [1.29, 1.82) is 0 Å². The van der Waals surface area contributed by atoms with Crippen LogP contribution in [0.3, 0.4) is 0 Å².